The van der Waals surface area contributed by atoms with Gasteiger partial charge in [0, 0.05) is 24.5 Å². The molecule has 1 aromatic heterocycles. The predicted molar refractivity (Wildman–Crippen MR) is 78.6 cm³/mol. The summed E-state index contributed by atoms with van der Waals surface area (Å²) in [5.41, 5.74) is 8.97. The zero-order valence-electron chi connectivity index (χ0n) is 10.1. The Balaban J connectivity index is 2.28. The number of aromatic nitrogens is 2. The number of rotatable bonds is 3. The van der Waals surface area contributed by atoms with E-state index in [4.69, 9.17) is 29.6 Å². The molecule has 3 N–H and O–H groups in total. The van der Waals surface area contributed by atoms with Crippen LogP contribution in [-0.2, 0) is 7.05 Å². The number of halogens is 1. The summed E-state index contributed by atoms with van der Waals surface area (Å²) in [6, 6.07) is 5.48. The third kappa shape index (κ3) is 2.63. The summed E-state index contributed by atoms with van der Waals surface area (Å²) in [5, 5.41) is 8.04. The second-order valence-electron chi connectivity index (χ2n) is 3.99. The van der Waals surface area contributed by atoms with E-state index in [2.05, 4.69) is 10.4 Å². The van der Waals surface area contributed by atoms with Gasteiger partial charge < -0.3 is 11.1 Å². The normalized spacial score (nSPS) is 10.4. The summed E-state index contributed by atoms with van der Waals surface area (Å²) in [5.74, 6) is 0. The maximum Gasteiger partial charge on any atom is 0.105 e. The van der Waals surface area contributed by atoms with Crippen LogP contribution in [0.3, 0.4) is 0 Å². The summed E-state index contributed by atoms with van der Waals surface area (Å²) in [4.78, 5) is 0.295. The molecule has 0 aliphatic rings. The number of nitrogens with zero attached hydrogens (tertiary/aromatic N) is 2. The fourth-order valence-electron chi connectivity index (χ4n) is 1.67. The van der Waals surface area contributed by atoms with Gasteiger partial charge in [0.05, 0.1) is 16.4 Å². The van der Waals surface area contributed by atoms with E-state index in [0.717, 1.165) is 17.1 Å². The Morgan fingerprint density at radius 2 is 2.22 bits per heavy atom. The summed E-state index contributed by atoms with van der Waals surface area (Å²) >= 11 is 11.0. The van der Waals surface area contributed by atoms with Gasteiger partial charge in [0.15, 0.2) is 0 Å². The van der Waals surface area contributed by atoms with Gasteiger partial charge in [-0.2, -0.15) is 5.10 Å². The van der Waals surface area contributed by atoms with Crippen molar-refractivity contribution in [2.24, 2.45) is 12.8 Å². The van der Waals surface area contributed by atoms with Gasteiger partial charge in [-0.3, -0.25) is 4.68 Å². The Morgan fingerprint density at radius 1 is 1.50 bits per heavy atom. The molecule has 0 aliphatic heterocycles. The molecular formula is C12H13ClN4S. The first-order chi connectivity index (χ1) is 8.47. The molecule has 0 radical (unpaired) electrons. The monoisotopic (exact) mass is 280 g/mol. The smallest absolute Gasteiger partial charge is 0.105 e. The highest BCUT2D eigenvalue weighted by Gasteiger charge is 2.07. The van der Waals surface area contributed by atoms with E-state index in [1.165, 1.54) is 0 Å². The van der Waals surface area contributed by atoms with E-state index in [1.807, 2.05) is 26.2 Å². The van der Waals surface area contributed by atoms with Gasteiger partial charge in [-0.25, -0.2) is 0 Å². The highest BCUT2D eigenvalue weighted by Crippen LogP contribution is 2.24. The maximum absolute atomic E-state index is 6.11. The first kappa shape index (κ1) is 12.9. The van der Waals surface area contributed by atoms with Crippen molar-refractivity contribution in [3.63, 3.8) is 0 Å². The number of nitrogens with two attached hydrogens (primary N) is 1. The lowest BCUT2D eigenvalue weighted by atomic mass is 10.2. The zero-order valence-corrected chi connectivity index (χ0v) is 11.6. The molecule has 0 amide bonds. The molecule has 94 valence electrons. The first-order valence-corrected chi connectivity index (χ1v) is 6.12. The quantitative estimate of drug-likeness (QED) is 0.849. The number of aryl methyl sites for hydroxylation is 2. The van der Waals surface area contributed by atoms with Crippen LogP contribution in [0.2, 0.25) is 5.02 Å². The number of hydrogen-bond donors (Lipinski definition) is 2. The van der Waals surface area contributed by atoms with Gasteiger partial charge in [0.1, 0.15) is 4.99 Å². The summed E-state index contributed by atoms with van der Waals surface area (Å²) < 4.78 is 1.75. The van der Waals surface area contributed by atoms with Crippen LogP contribution in [0.1, 0.15) is 11.3 Å². The largest absolute Gasteiger partial charge is 0.389 e. The SMILES string of the molecule is Cc1nn(C)cc1Nc1ccc(C(N)=S)c(Cl)c1. The minimum absolute atomic E-state index is 0.295. The summed E-state index contributed by atoms with van der Waals surface area (Å²) in [7, 11) is 1.88. The minimum Gasteiger partial charge on any atom is -0.389 e. The number of nitrogens with one attached hydrogen (secondary N) is 1. The van der Waals surface area contributed by atoms with Gasteiger partial charge in [-0.15, -0.1) is 0 Å². The lowest BCUT2D eigenvalue weighted by molar-refractivity contribution is 0.756. The van der Waals surface area contributed by atoms with E-state index in [-0.39, 0.29) is 0 Å². The molecule has 0 fully saturated rings. The highest BCUT2D eigenvalue weighted by atomic mass is 35.5. The van der Waals surface area contributed by atoms with E-state index >= 15 is 0 Å². The molecule has 0 spiro atoms. The van der Waals surface area contributed by atoms with Crippen molar-refractivity contribution in [1.29, 1.82) is 0 Å². The first-order valence-electron chi connectivity index (χ1n) is 5.34. The molecular weight excluding hydrogens is 268 g/mol. The Kier molecular flexibility index (Phi) is 3.54. The number of benzene rings is 1. The lowest BCUT2D eigenvalue weighted by Crippen LogP contribution is -2.09. The molecule has 0 bridgehead atoms. The van der Waals surface area contributed by atoms with Crippen LogP contribution in [0.25, 0.3) is 0 Å². The van der Waals surface area contributed by atoms with Crippen molar-refractivity contribution in [2.45, 2.75) is 6.92 Å². The van der Waals surface area contributed by atoms with Crippen molar-refractivity contribution in [3.8, 4) is 0 Å². The van der Waals surface area contributed by atoms with Crippen LogP contribution in [0.15, 0.2) is 24.4 Å². The summed E-state index contributed by atoms with van der Waals surface area (Å²) in [6.07, 6.45) is 1.91. The van der Waals surface area contributed by atoms with Gasteiger partial charge in [-0.1, -0.05) is 23.8 Å². The van der Waals surface area contributed by atoms with Gasteiger partial charge in [0.25, 0.3) is 0 Å². The van der Waals surface area contributed by atoms with Crippen molar-refractivity contribution < 1.29 is 0 Å². The number of thiocarbonyl (C=S) groups is 1. The van der Waals surface area contributed by atoms with Gasteiger partial charge >= 0.3 is 0 Å². The van der Waals surface area contributed by atoms with Gasteiger partial charge in [0.2, 0.25) is 0 Å². The number of anilines is 2. The average Bonchev–Trinajstić information content (AvgIpc) is 2.57. The average molecular weight is 281 g/mol. The van der Waals surface area contributed by atoms with Crippen LogP contribution in [-0.4, -0.2) is 14.8 Å². The topological polar surface area (TPSA) is 55.9 Å². The minimum atomic E-state index is 0.295. The summed E-state index contributed by atoms with van der Waals surface area (Å²) in [6.45, 7) is 1.94. The molecule has 2 rings (SSSR count). The van der Waals surface area contributed by atoms with Crippen molar-refractivity contribution in [1.82, 2.24) is 9.78 Å². The molecule has 0 saturated carbocycles. The number of hydrogen-bond acceptors (Lipinski definition) is 3. The standard InChI is InChI=1S/C12H13ClN4S/c1-7-11(6-17(2)16-7)15-8-3-4-9(12(14)18)10(13)5-8/h3-6,15H,1-2H3,(H2,14,18). The second-order valence-corrected chi connectivity index (χ2v) is 4.83. The molecule has 0 saturated heterocycles. The van der Waals surface area contributed by atoms with E-state index in [9.17, 15) is 0 Å². The molecule has 0 aliphatic carbocycles. The van der Waals surface area contributed by atoms with Crippen LogP contribution in [0, 0.1) is 6.92 Å². The van der Waals surface area contributed by atoms with E-state index in [0.29, 0.717) is 15.6 Å². The molecule has 18 heavy (non-hydrogen) atoms. The Bertz CT molecular complexity index is 606. The molecule has 0 unspecified atom stereocenters. The molecule has 1 aromatic carbocycles. The molecule has 2 aromatic rings. The lowest BCUT2D eigenvalue weighted by Gasteiger charge is -2.07. The zero-order chi connectivity index (χ0) is 13.3. The van der Waals surface area contributed by atoms with Gasteiger partial charge in [-0.05, 0) is 25.1 Å². The Labute approximate surface area is 116 Å². The van der Waals surface area contributed by atoms with Crippen LogP contribution in [0.5, 0.6) is 0 Å². The van der Waals surface area contributed by atoms with Crippen molar-refractivity contribution in [3.05, 3.63) is 40.7 Å². The van der Waals surface area contributed by atoms with Crippen molar-refractivity contribution in [2.75, 3.05) is 5.32 Å². The Hall–Kier alpha value is -1.59. The third-order valence-electron chi connectivity index (χ3n) is 2.53. The Morgan fingerprint density at radius 3 is 2.72 bits per heavy atom. The predicted octanol–water partition coefficient (Wildman–Crippen LogP) is 2.76. The highest BCUT2D eigenvalue weighted by molar-refractivity contribution is 7.80. The fraction of sp³-hybridized carbons (Fsp3) is 0.167. The third-order valence-corrected chi connectivity index (χ3v) is 3.06. The van der Waals surface area contributed by atoms with Crippen molar-refractivity contribution >= 4 is 40.2 Å². The molecule has 0 atom stereocenters. The molecule has 4 nitrogen and oxygen atoms in total. The molecule has 6 heteroatoms. The van der Waals surface area contributed by atoms with E-state index < -0.39 is 0 Å². The second kappa shape index (κ2) is 4.96. The van der Waals surface area contributed by atoms with E-state index in [1.54, 1.807) is 16.8 Å². The fourth-order valence-corrected chi connectivity index (χ4v) is 2.19. The maximum atomic E-state index is 6.11. The van der Waals surface area contributed by atoms with Crippen LogP contribution in [0.4, 0.5) is 11.4 Å². The van der Waals surface area contributed by atoms with Crippen LogP contribution >= 0.6 is 23.8 Å². The molecule has 1 heterocycles. The van der Waals surface area contributed by atoms with Crippen LogP contribution < -0.4 is 11.1 Å².